The number of alkyl halides is 3. The van der Waals surface area contributed by atoms with E-state index in [4.69, 9.17) is 0 Å². The average Bonchev–Trinajstić information content (AvgIpc) is 3.26. The summed E-state index contributed by atoms with van der Waals surface area (Å²) in [5, 5.41) is 3.75. The first-order valence-electron chi connectivity index (χ1n) is 10.9. The highest BCUT2D eigenvalue weighted by molar-refractivity contribution is 6.04. The molecule has 4 aromatic rings. The van der Waals surface area contributed by atoms with Crippen molar-refractivity contribution in [2.24, 2.45) is 11.8 Å². The molecule has 174 valence electrons. The van der Waals surface area contributed by atoms with Crippen LogP contribution < -0.4 is 4.90 Å². The van der Waals surface area contributed by atoms with E-state index >= 15 is 4.39 Å². The van der Waals surface area contributed by atoms with Crippen molar-refractivity contribution < 1.29 is 22.4 Å². The number of β-lactam (4-membered cyclic amide) rings is 1. The fourth-order valence-corrected chi connectivity index (χ4v) is 4.95. The van der Waals surface area contributed by atoms with Crippen LogP contribution in [-0.4, -0.2) is 25.7 Å². The highest BCUT2D eigenvalue weighted by Crippen LogP contribution is 2.55. The van der Waals surface area contributed by atoms with Crippen LogP contribution >= 0.6 is 0 Å². The Morgan fingerprint density at radius 2 is 1.91 bits per heavy atom. The molecule has 1 saturated heterocycles. The van der Waals surface area contributed by atoms with E-state index in [0.29, 0.717) is 23.0 Å². The normalized spacial score (nSPS) is 20.7. The maximum absolute atomic E-state index is 15.6. The minimum atomic E-state index is -4.54. The van der Waals surface area contributed by atoms with Gasteiger partial charge in [-0.15, -0.1) is 0 Å². The molecule has 1 amide bonds. The number of hydrogen-bond donors (Lipinski definition) is 1. The number of aryl methyl sites for hydroxylation is 1. The minimum Gasteiger partial charge on any atom is -0.345 e. The van der Waals surface area contributed by atoms with Crippen LogP contribution in [0.1, 0.15) is 35.6 Å². The molecule has 1 unspecified atom stereocenters. The van der Waals surface area contributed by atoms with Crippen molar-refractivity contribution in [2.75, 3.05) is 4.90 Å². The van der Waals surface area contributed by atoms with Crippen LogP contribution in [0.3, 0.4) is 0 Å². The van der Waals surface area contributed by atoms with Gasteiger partial charge in [-0.1, -0.05) is 0 Å². The van der Waals surface area contributed by atoms with Crippen molar-refractivity contribution in [3.63, 3.8) is 0 Å². The lowest BCUT2D eigenvalue weighted by Gasteiger charge is -2.48. The third-order valence-electron chi connectivity index (χ3n) is 6.74. The van der Waals surface area contributed by atoms with E-state index in [-0.39, 0.29) is 23.4 Å². The fourth-order valence-electron chi connectivity index (χ4n) is 4.95. The molecule has 1 aliphatic heterocycles. The molecule has 2 aromatic heterocycles. The second-order valence-electron chi connectivity index (χ2n) is 8.95. The van der Waals surface area contributed by atoms with Crippen LogP contribution in [0.2, 0.25) is 0 Å². The number of imidazole rings is 1. The molecule has 2 fully saturated rings. The number of hydrogen-bond acceptors (Lipinski definition) is 3. The number of nitrogens with zero attached hydrogens (tertiary/aromatic N) is 4. The number of anilines is 1. The van der Waals surface area contributed by atoms with E-state index in [0.717, 1.165) is 34.8 Å². The summed E-state index contributed by atoms with van der Waals surface area (Å²) >= 11 is 0. The Labute approximate surface area is 191 Å². The maximum Gasteiger partial charge on any atom is 0.419 e. The summed E-state index contributed by atoms with van der Waals surface area (Å²) in [5.41, 5.74) is 2.39. The van der Waals surface area contributed by atoms with Crippen molar-refractivity contribution >= 4 is 22.6 Å². The van der Waals surface area contributed by atoms with Crippen LogP contribution in [0.25, 0.3) is 16.7 Å². The van der Waals surface area contributed by atoms with E-state index in [2.05, 4.69) is 15.1 Å². The van der Waals surface area contributed by atoms with Crippen LogP contribution in [0, 0.1) is 24.6 Å². The zero-order valence-corrected chi connectivity index (χ0v) is 18.0. The first kappa shape index (κ1) is 20.9. The predicted octanol–water partition coefficient (Wildman–Crippen LogP) is 5.33. The summed E-state index contributed by atoms with van der Waals surface area (Å²) in [4.78, 5) is 22.0. The van der Waals surface area contributed by atoms with Gasteiger partial charge in [0.05, 0.1) is 46.8 Å². The minimum absolute atomic E-state index is 0.0452. The average molecular weight is 469 g/mol. The summed E-state index contributed by atoms with van der Waals surface area (Å²) < 4.78 is 55.5. The van der Waals surface area contributed by atoms with Crippen LogP contribution in [0.5, 0.6) is 0 Å². The maximum atomic E-state index is 15.6. The van der Waals surface area contributed by atoms with Crippen LogP contribution in [0.15, 0.2) is 49.1 Å². The Morgan fingerprint density at radius 1 is 1.12 bits per heavy atom. The van der Waals surface area contributed by atoms with E-state index in [1.54, 1.807) is 36.4 Å². The Hall–Kier alpha value is -3.69. The van der Waals surface area contributed by atoms with Gasteiger partial charge < -0.3 is 9.88 Å². The molecule has 2 atom stereocenters. The molecule has 1 saturated carbocycles. The molecule has 6 rings (SSSR count). The molecule has 1 aliphatic carbocycles. The number of amides is 1. The van der Waals surface area contributed by atoms with Gasteiger partial charge in [0.15, 0.2) is 0 Å². The number of aromatic amines is 1. The lowest BCUT2D eigenvalue weighted by molar-refractivity contribution is -0.137. The number of carbonyl (C=O) groups excluding carboxylic acids is 1. The molecule has 2 aliphatic rings. The number of benzene rings is 2. The standard InChI is InChI=1S/C24H19F4N5O/c1-12-6-16(32-10-14(9-31-32)24(26,27)28)7-17(25)20(12)22-21(13-2-3-13)23(34)33(22)15-4-5-18-19(8-15)30-11-29-18/h4-11,13,21-22H,2-3H2,1H3,(H,29,30)/t21?,22-/m0/s1. The van der Waals surface area contributed by atoms with E-state index in [1.165, 1.54) is 6.07 Å². The Kier molecular flexibility index (Phi) is 4.39. The summed E-state index contributed by atoms with van der Waals surface area (Å²) in [6.45, 7) is 1.71. The van der Waals surface area contributed by atoms with Gasteiger partial charge in [0.2, 0.25) is 5.91 Å². The monoisotopic (exact) mass is 469 g/mol. The van der Waals surface area contributed by atoms with Gasteiger partial charge in [-0.3, -0.25) is 4.79 Å². The molecule has 0 bridgehead atoms. The molecular formula is C24H19F4N5O. The lowest BCUT2D eigenvalue weighted by Crippen LogP contribution is -2.56. The molecule has 3 heterocycles. The zero-order chi connectivity index (χ0) is 23.8. The van der Waals surface area contributed by atoms with E-state index < -0.39 is 23.6 Å². The number of halogens is 4. The number of rotatable bonds is 4. The Morgan fingerprint density at radius 3 is 2.59 bits per heavy atom. The first-order chi connectivity index (χ1) is 16.2. The second kappa shape index (κ2) is 7.15. The lowest BCUT2D eigenvalue weighted by atomic mass is 9.77. The number of carbonyl (C=O) groups is 1. The van der Waals surface area contributed by atoms with Gasteiger partial charge in [-0.25, -0.2) is 14.1 Å². The van der Waals surface area contributed by atoms with Gasteiger partial charge in [-0.05, 0) is 61.6 Å². The Bertz CT molecular complexity index is 1410. The van der Waals surface area contributed by atoms with Gasteiger partial charge >= 0.3 is 6.18 Å². The third-order valence-corrected chi connectivity index (χ3v) is 6.74. The van der Waals surface area contributed by atoms with Crippen molar-refractivity contribution in [2.45, 2.75) is 32.0 Å². The molecular weight excluding hydrogens is 450 g/mol. The van der Waals surface area contributed by atoms with Crippen molar-refractivity contribution in [3.05, 3.63) is 71.6 Å². The number of H-pyrrole nitrogens is 1. The summed E-state index contributed by atoms with van der Waals surface area (Å²) in [7, 11) is 0. The molecule has 0 radical (unpaired) electrons. The van der Waals surface area contributed by atoms with Crippen molar-refractivity contribution in [1.82, 2.24) is 19.7 Å². The molecule has 6 nitrogen and oxygen atoms in total. The number of fused-ring (bicyclic) bond motifs is 1. The molecule has 10 heteroatoms. The largest absolute Gasteiger partial charge is 0.419 e. The van der Waals surface area contributed by atoms with Crippen molar-refractivity contribution in [3.8, 4) is 5.69 Å². The van der Waals surface area contributed by atoms with Crippen LogP contribution in [-0.2, 0) is 11.0 Å². The summed E-state index contributed by atoms with van der Waals surface area (Å²) in [6.07, 6.45) is 0.422. The van der Waals surface area contributed by atoms with Gasteiger partial charge in [0.25, 0.3) is 0 Å². The number of nitrogens with one attached hydrogen (secondary N) is 1. The zero-order valence-electron chi connectivity index (χ0n) is 18.0. The van der Waals surface area contributed by atoms with E-state index in [1.807, 2.05) is 6.07 Å². The quantitative estimate of drug-likeness (QED) is 0.325. The fraction of sp³-hybridized carbons (Fsp3) is 0.292. The van der Waals surface area contributed by atoms with Crippen LogP contribution in [0.4, 0.5) is 23.2 Å². The molecule has 34 heavy (non-hydrogen) atoms. The molecule has 1 N–H and O–H groups in total. The molecule has 0 spiro atoms. The van der Waals surface area contributed by atoms with E-state index in [9.17, 15) is 18.0 Å². The summed E-state index contributed by atoms with van der Waals surface area (Å²) in [5.74, 6) is -0.729. The third kappa shape index (κ3) is 3.19. The smallest absolute Gasteiger partial charge is 0.345 e. The van der Waals surface area contributed by atoms with Gasteiger partial charge in [0.1, 0.15) is 5.82 Å². The predicted molar refractivity (Wildman–Crippen MR) is 116 cm³/mol. The Balaban J connectivity index is 1.41. The first-order valence-corrected chi connectivity index (χ1v) is 10.9. The van der Waals surface area contributed by atoms with Crippen molar-refractivity contribution in [1.29, 1.82) is 0 Å². The number of aromatic nitrogens is 4. The topological polar surface area (TPSA) is 66.8 Å². The summed E-state index contributed by atoms with van der Waals surface area (Å²) in [6, 6.07) is 7.71. The second-order valence-corrected chi connectivity index (χ2v) is 8.95. The highest BCUT2D eigenvalue weighted by atomic mass is 19.4. The van der Waals surface area contributed by atoms with Gasteiger partial charge in [0, 0.05) is 17.4 Å². The van der Waals surface area contributed by atoms with Gasteiger partial charge in [-0.2, -0.15) is 18.3 Å². The molecule has 2 aromatic carbocycles. The SMILES string of the molecule is Cc1cc(-n2cc(C(F)(F)F)cn2)cc(F)c1[C@H]1C(C2CC2)C(=O)N1c1ccc2nc[nH]c2c1. The highest BCUT2D eigenvalue weighted by Gasteiger charge is 2.56.